The minimum Gasteiger partial charge on any atom is -0.361 e. The summed E-state index contributed by atoms with van der Waals surface area (Å²) < 4.78 is 5.49. The zero-order valence-electron chi connectivity index (χ0n) is 15.7. The quantitative estimate of drug-likeness (QED) is 0.670. The van der Waals surface area contributed by atoms with Crippen LogP contribution in [0.15, 0.2) is 10.7 Å². The highest BCUT2D eigenvalue weighted by Gasteiger charge is 2.55. The first kappa shape index (κ1) is 15.9. The standard InChI is InChI=1S/C23H31NO2/c25-21-11-20-17(18-8-5-13-3-1-2-4-16(13)23(18)21)7-6-14-10-22-15(9-19(14)20)12-24-26-22/h12-14,16-20,23H,1-11H2. The lowest BCUT2D eigenvalue weighted by Gasteiger charge is -2.56. The number of carbonyl (C=O) groups excluding carboxylic acids is 1. The molecule has 4 saturated carbocycles. The Bertz CT molecular complexity index is 709. The monoisotopic (exact) mass is 353 g/mol. The minimum absolute atomic E-state index is 0.432. The molecule has 0 bridgehead atoms. The van der Waals surface area contributed by atoms with Crippen LogP contribution in [0.2, 0.25) is 0 Å². The summed E-state index contributed by atoms with van der Waals surface area (Å²) >= 11 is 0. The fourth-order valence-corrected chi connectivity index (χ4v) is 8.32. The molecule has 1 aromatic heterocycles. The Morgan fingerprint density at radius 1 is 0.769 bits per heavy atom. The van der Waals surface area contributed by atoms with E-state index in [-0.39, 0.29) is 0 Å². The number of fused-ring (bicyclic) bond motifs is 8. The van der Waals surface area contributed by atoms with Gasteiger partial charge in [0, 0.05) is 24.3 Å². The fraction of sp³-hybridized carbons (Fsp3) is 0.826. The summed E-state index contributed by atoms with van der Waals surface area (Å²) in [6.07, 6.45) is 16.0. The van der Waals surface area contributed by atoms with Crippen molar-refractivity contribution in [1.29, 1.82) is 0 Å². The van der Waals surface area contributed by atoms with Crippen molar-refractivity contribution >= 4 is 5.78 Å². The molecule has 0 radical (unpaired) electrons. The van der Waals surface area contributed by atoms with Gasteiger partial charge >= 0.3 is 0 Å². The molecular weight excluding hydrogens is 322 g/mol. The molecule has 140 valence electrons. The normalized spacial score (nSPS) is 47.2. The predicted molar refractivity (Wildman–Crippen MR) is 98.4 cm³/mol. The van der Waals surface area contributed by atoms with E-state index in [2.05, 4.69) is 5.16 Å². The summed E-state index contributed by atoms with van der Waals surface area (Å²) in [6, 6.07) is 0. The van der Waals surface area contributed by atoms with Crippen LogP contribution in [-0.4, -0.2) is 10.9 Å². The topological polar surface area (TPSA) is 43.1 Å². The van der Waals surface area contributed by atoms with Crippen LogP contribution >= 0.6 is 0 Å². The second-order valence-electron chi connectivity index (χ2n) is 10.2. The summed E-state index contributed by atoms with van der Waals surface area (Å²) in [5.74, 6) is 7.44. The van der Waals surface area contributed by atoms with Crippen LogP contribution in [-0.2, 0) is 17.6 Å². The van der Waals surface area contributed by atoms with Crippen molar-refractivity contribution in [1.82, 2.24) is 5.16 Å². The summed E-state index contributed by atoms with van der Waals surface area (Å²) in [5, 5.41) is 4.05. The zero-order chi connectivity index (χ0) is 17.3. The number of Topliss-reactive ketones (excluding diaryl/α,β-unsaturated/α-hetero) is 1. The molecule has 8 unspecified atom stereocenters. The molecule has 0 spiro atoms. The van der Waals surface area contributed by atoms with E-state index in [4.69, 9.17) is 4.52 Å². The van der Waals surface area contributed by atoms with Gasteiger partial charge in [-0.3, -0.25) is 4.79 Å². The van der Waals surface area contributed by atoms with Crippen molar-refractivity contribution in [3.8, 4) is 0 Å². The largest absolute Gasteiger partial charge is 0.361 e. The highest BCUT2D eigenvalue weighted by atomic mass is 16.5. The first-order chi connectivity index (χ1) is 12.8. The molecule has 1 heterocycles. The Balaban J connectivity index is 1.30. The second-order valence-corrected chi connectivity index (χ2v) is 10.2. The SMILES string of the molecule is O=C1CC2C3Cc4cnoc4CC3CCC2C2CCC3CCCCC3C12. The van der Waals surface area contributed by atoms with E-state index in [0.29, 0.717) is 29.5 Å². The first-order valence-electron chi connectivity index (χ1n) is 11.2. The molecule has 5 aliphatic rings. The molecule has 0 amide bonds. The first-order valence-corrected chi connectivity index (χ1v) is 11.2. The molecule has 3 heteroatoms. The molecule has 0 N–H and O–H groups in total. The number of aromatic nitrogens is 1. The summed E-state index contributed by atoms with van der Waals surface area (Å²) in [4.78, 5) is 13.4. The summed E-state index contributed by atoms with van der Waals surface area (Å²) in [7, 11) is 0. The van der Waals surface area contributed by atoms with Crippen molar-refractivity contribution in [3.05, 3.63) is 17.5 Å². The van der Waals surface area contributed by atoms with Crippen molar-refractivity contribution < 1.29 is 9.32 Å². The van der Waals surface area contributed by atoms with E-state index >= 15 is 0 Å². The fourth-order valence-electron chi connectivity index (χ4n) is 8.32. The zero-order valence-corrected chi connectivity index (χ0v) is 15.7. The van der Waals surface area contributed by atoms with Gasteiger partial charge in [0.15, 0.2) is 0 Å². The van der Waals surface area contributed by atoms with Gasteiger partial charge in [-0.15, -0.1) is 0 Å². The molecule has 3 nitrogen and oxygen atoms in total. The molecule has 5 aliphatic carbocycles. The summed E-state index contributed by atoms with van der Waals surface area (Å²) in [6.45, 7) is 0. The van der Waals surface area contributed by atoms with E-state index in [1.807, 2.05) is 6.20 Å². The lowest BCUT2D eigenvalue weighted by molar-refractivity contribution is -0.146. The summed E-state index contributed by atoms with van der Waals surface area (Å²) in [5.41, 5.74) is 1.33. The van der Waals surface area contributed by atoms with Gasteiger partial charge in [0.1, 0.15) is 11.5 Å². The Labute approximate surface area is 156 Å². The maximum absolute atomic E-state index is 13.4. The van der Waals surface area contributed by atoms with Gasteiger partial charge in [0.05, 0.1) is 6.20 Å². The third-order valence-electron chi connectivity index (χ3n) is 9.33. The van der Waals surface area contributed by atoms with Crippen LogP contribution in [0, 0.1) is 47.3 Å². The number of carbonyl (C=O) groups is 1. The van der Waals surface area contributed by atoms with Crippen molar-refractivity contribution in [3.63, 3.8) is 0 Å². The lowest BCUT2D eigenvalue weighted by Crippen LogP contribution is -2.53. The van der Waals surface area contributed by atoms with Crippen LogP contribution in [0.5, 0.6) is 0 Å². The Kier molecular flexibility index (Phi) is 3.63. The van der Waals surface area contributed by atoms with Crippen LogP contribution in [0.25, 0.3) is 0 Å². The van der Waals surface area contributed by atoms with Crippen LogP contribution in [0.3, 0.4) is 0 Å². The molecule has 4 fully saturated rings. The van der Waals surface area contributed by atoms with Gasteiger partial charge in [-0.05, 0) is 80.0 Å². The molecule has 0 saturated heterocycles. The highest BCUT2D eigenvalue weighted by molar-refractivity contribution is 5.83. The molecule has 1 aromatic rings. The molecule has 8 atom stereocenters. The number of rotatable bonds is 0. The molecule has 0 aromatic carbocycles. The minimum atomic E-state index is 0.432. The average molecular weight is 354 g/mol. The number of hydrogen-bond acceptors (Lipinski definition) is 3. The van der Waals surface area contributed by atoms with Crippen LogP contribution in [0.4, 0.5) is 0 Å². The number of nitrogens with zero attached hydrogens (tertiary/aromatic N) is 1. The Hall–Kier alpha value is -1.12. The van der Waals surface area contributed by atoms with Crippen LogP contribution < -0.4 is 0 Å². The molecule has 6 rings (SSSR count). The maximum atomic E-state index is 13.4. The predicted octanol–water partition coefficient (Wildman–Crippen LogP) is 4.84. The Morgan fingerprint density at radius 2 is 1.62 bits per heavy atom. The number of hydrogen-bond donors (Lipinski definition) is 0. The number of ketones is 1. The van der Waals surface area contributed by atoms with E-state index in [1.165, 1.54) is 56.9 Å². The molecule has 0 aliphatic heterocycles. The van der Waals surface area contributed by atoms with Gasteiger partial charge in [0.25, 0.3) is 0 Å². The van der Waals surface area contributed by atoms with E-state index in [1.54, 1.807) is 0 Å². The maximum Gasteiger partial charge on any atom is 0.140 e. The molecular formula is C23H31NO2. The smallest absolute Gasteiger partial charge is 0.140 e. The van der Waals surface area contributed by atoms with Gasteiger partial charge in [-0.25, -0.2) is 0 Å². The van der Waals surface area contributed by atoms with Gasteiger partial charge in [-0.1, -0.05) is 24.4 Å². The van der Waals surface area contributed by atoms with Crippen molar-refractivity contribution in [2.75, 3.05) is 0 Å². The van der Waals surface area contributed by atoms with E-state index < -0.39 is 0 Å². The third kappa shape index (κ3) is 2.24. The third-order valence-corrected chi connectivity index (χ3v) is 9.33. The van der Waals surface area contributed by atoms with Gasteiger partial charge in [-0.2, -0.15) is 0 Å². The average Bonchev–Trinajstić information content (AvgIpc) is 3.13. The van der Waals surface area contributed by atoms with Crippen molar-refractivity contribution in [2.24, 2.45) is 47.3 Å². The molecule has 26 heavy (non-hydrogen) atoms. The van der Waals surface area contributed by atoms with Crippen LogP contribution in [0.1, 0.15) is 69.1 Å². The Morgan fingerprint density at radius 3 is 2.58 bits per heavy atom. The van der Waals surface area contributed by atoms with E-state index in [0.717, 1.165) is 48.7 Å². The van der Waals surface area contributed by atoms with E-state index in [9.17, 15) is 4.79 Å². The second kappa shape index (κ2) is 5.94. The highest BCUT2D eigenvalue weighted by Crippen LogP contribution is 2.59. The van der Waals surface area contributed by atoms with Crippen molar-refractivity contribution in [2.45, 2.75) is 70.6 Å². The lowest BCUT2D eigenvalue weighted by atomic mass is 9.47. The van der Waals surface area contributed by atoms with Gasteiger partial charge < -0.3 is 4.52 Å². The van der Waals surface area contributed by atoms with Gasteiger partial charge in [0.2, 0.25) is 0 Å².